The van der Waals surface area contributed by atoms with E-state index in [-0.39, 0.29) is 50.6 Å². The van der Waals surface area contributed by atoms with E-state index in [1.165, 1.54) is 36.0 Å². The van der Waals surface area contributed by atoms with Crippen molar-refractivity contribution in [2.45, 2.75) is 50.5 Å². The smallest absolute Gasteiger partial charge is 0.410 e. The van der Waals surface area contributed by atoms with E-state index in [4.69, 9.17) is 21.8 Å². The van der Waals surface area contributed by atoms with Crippen LogP contribution in [-0.2, 0) is 22.7 Å². The number of fused-ring (bicyclic) bond motifs is 2. The monoisotopic (exact) mass is 960 g/mol. The van der Waals surface area contributed by atoms with Crippen LogP contribution < -0.4 is 16.4 Å². The first-order valence-electron chi connectivity index (χ1n) is 18.9. The number of aromatic nitrogens is 4. The van der Waals surface area contributed by atoms with E-state index < -0.39 is 41.5 Å². The molecule has 2 aliphatic heterocycles. The summed E-state index contributed by atoms with van der Waals surface area (Å²) >= 11 is 6.77. The van der Waals surface area contributed by atoms with E-state index in [0.717, 1.165) is 20.1 Å². The Morgan fingerprint density at radius 3 is 1.69 bits per heavy atom. The van der Waals surface area contributed by atoms with E-state index in [9.17, 15) is 14.4 Å². The Bertz CT molecular complexity index is 2620. The Morgan fingerprint density at radius 2 is 1.23 bits per heavy atom. The molecule has 4 aromatic heterocycles. The molecule has 4 atom stereocenters. The number of nitrogens with zero attached hydrogens (tertiary/aromatic N) is 7. The quantitative estimate of drug-likeness (QED) is 0.121. The zero-order valence-electron chi connectivity index (χ0n) is 32.9. The maximum Gasteiger partial charge on any atom is 0.410 e. The highest BCUT2D eigenvalue weighted by molar-refractivity contribution is 9.10. The number of carbonyl (C=O) groups excluding carboxylic acids is 3. The van der Waals surface area contributed by atoms with Gasteiger partial charge in [-0.05, 0) is 69.0 Å². The Hall–Kier alpha value is -6.26. The standard InChI is InChI=1S/C21H21BrFN5O3.C21H19BrFN5O2/c1-21(23)12-27(20(30)31-11-13-5-3-2-4-6-13)10-17(21)26-18-15(19(24)29)8-25-28-9-14(22)7-16(18)28;1-21(23)13-27(20(29)30-12-14-6-4-3-5-7-14)11-18(21)26-19-16(24-2)9-25-28-10-15(22)8-17(19)28/h2-9,17,26H,10-12H2,1H3,(H2,24,29);3-10,18,26H,11-13H2,1H3/t17-,21+;18-,21+/m11/s1. The lowest BCUT2D eigenvalue weighted by molar-refractivity contribution is 0.0959. The number of ether oxygens (including phenoxy) is 2. The van der Waals surface area contributed by atoms with Gasteiger partial charge in [-0.2, -0.15) is 10.2 Å². The molecule has 15 nitrogen and oxygen atoms in total. The summed E-state index contributed by atoms with van der Waals surface area (Å²) in [5.41, 5.74) is 6.24. The fourth-order valence-corrected chi connectivity index (χ4v) is 7.99. The van der Waals surface area contributed by atoms with Crippen molar-refractivity contribution in [3.63, 3.8) is 0 Å². The minimum atomic E-state index is -1.76. The van der Waals surface area contributed by atoms with Gasteiger partial charge >= 0.3 is 12.2 Å². The Morgan fingerprint density at radius 1 is 0.787 bits per heavy atom. The molecule has 2 saturated heterocycles. The van der Waals surface area contributed by atoms with Gasteiger partial charge in [-0.1, -0.05) is 60.7 Å². The fourth-order valence-electron chi connectivity index (χ4n) is 7.17. The van der Waals surface area contributed by atoms with Gasteiger partial charge in [0.2, 0.25) is 5.69 Å². The molecule has 19 heteroatoms. The lowest BCUT2D eigenvalue weighted by atomic mass is 10.0. The lowest BCUT2D eigenvalue weighted by Gasteiger charge is -2.24. The summed E-state index contributed by atoms with van der Waals surface area (Å²) in [5, 5.41) is 14.6. The van der Waals surface area contributed by atoms with Crippen molar-refractivity contribution in [2.24, 2.45) is 5.73 Å². The van der Waals surface area contributed by atoms with Gasteiger partial charge in [0.1, 0.15) is 24.6 Å². The second kappa shape index (κ2) is 17.8. The molecular formula is C42H40Br2F2N10O5. The third kappa shape index (κ3) is 9.71. The van der Waals surface area contributed by atoms with Crippen molar-refractivity contribution in [3.8, 4) is 0 Å². The van der Waals surface area contributed by atoms with E-state index in [1.54, 1.807) is 33.6 Å². The average Bonchev–Trinajstić information content (AvgIpc) is 3.98. The first-order valence-corrected chi connectivity index (χ1v) is 20.5. The van der Waals surface area contributed by atoms with E-state index in [2.05, 4.69) is 57.5 Å². The number of benzene rings is 2. The molecule has 316 valence electrons. The van der Waals surface area contributed by atoms with Crippen LogP contribution in [0, 0.1) is 6.57 Å². The summed E-state index contributed by atoms with van der Waals surface area (Å²) in [6, 6.07) is 20.7. The van der Waals surface area contributed by atoms with Crippen molar-refractivity contribution < 1.29 is 32.6 Å². The Kier molecular flexibility index (Phi) is 12.5. The molecule has 0 bridgehead atoms. The molecular weight excluding hydrogens is 922 g/mol. The summed E-state index contributed by atoms with van der Waals surface area (Å²) < 4.78 is 46.1. The number of nitrogens with two attached hydrogens (primary N) is 1. The van der Waals surface area contributed by atoms with Crippen molar-refractivity contribution >= 4 is 78.0 Å². The van der Waals surface area contributed by atoms with E-state index in [1.807, 2.05) is 60.7 Å². The number of halogens is 4. The highest BCUT2D eigenvalue weighted by Gasteiger charge is 2.47. The van der Waals surface area contributed by atoms with Crippen LogP contribution in [0.25, 0.3) is 15.9 Å². The van der Waals surface area contributed by atoms with Gasteiger partial charge in [0.15, 0.2) is 0 Å². The van der Waals surface area contributed by atoms with Crippen LogP contribution in [0.5, 0.6) is 0 Å². The van der Waals surface area contributed by atoms with Crippen molar-refractivity contribution in [2.75, 3.05) is 36.8 Å². The number of primary amides is 1. The number of carbonyl (C=O) groups is 3. The fraction of sp³-hybridized carbons (Fsp3) is 0.286. The van der Waals surface area contributed by atoms with Crippen molar-refractivity contribution in [3.05, 3.63) is 135 Å². The molecule has 0 spiro atoms. The second-order valence-electron chi connectivity index (χ2n) is 15.1. The molecule has 0 aliphatic carbocycles. The number of hydrogen-bond acceptors (Lipinski definition) is 9. The maximum atomic E-state index is 15.4. The molecule has 0 radical (unpaired) electrons. The molecule has 8 rings (SSSR count). The summed E-state index contributed by atoms with van der Waals surface area (Å²) in [5.74, 6) is -0.687. The van der Waals surface area contributed by atoms with Gasteiger partial charge in [-0.15, -0.1) is 0 Å². The number of rotatable bonds is 9. The van der Waals surface area contributed by atoms with Gasteiger partial charge in [0, 0.05) is 34.4 Å². The van der Waals surface area contributed by atoms with Gasteiger partial charge in [0.05, 0.1) is 72.1 Å². The number of anilines is 2. The Labute approximate surface area is 365 Å². The highest BCUT2D eigenvalue weighted by Crippen LogP contribution is 2.37. The van der Waals surface area contributed by atoms with Crippen LogP contribution in [0.1, 0.15) is 35.3 Å². The molecule has 6 heterocycles. The van der Waals surface area contributed by atoms with E-state index >= 15 is 8.78 Å². The molecule has 3 amide bonds. The summed E-state index contributed by atoms with van der Waals surface area (Å²) in [4.78, 5) is 43.1. The second-order valence-corrected chi connectivity index (χ2v) is 16.9. The topological polar surface area (TPSA) is 165 Å². The first kappa shape index (κ1) is 42.8. The molecule has 61 heavy (non-hydrogen) atoms. The van der Waals surface area contributed by atoms with Crippen LogP contribution in [0.3, 0.4) is 0 Å². The third-order valence-corrected chi connectivity index (χ3v) is 11.3. The van der Waals surface area contributed by atoms with E-state index in [0.29, 0.717) is 22.4 Å². The van der Waals surface area contributed by atoms with Crippen molar-refractivity contribution in [1.29, 1.82) is 0 Å². The van der Waals surface area contributed by atoms with Crippen LogP contribution in [-0.4, -0.2) is 96.7 Å². The SMILES string of the molecule is C[C@]1(F)CN(C(=O)OCc2ccccc2)C[C@H]1Nc1c(C(N)=O)cnn2cc(Br)cc12.[C-]#[N+]c1cnn2cc(Br)cc2c1N[C@@H]1CN(C(=O)OCc2ccccc2)C[C@]1(C)F. The van der Waals surface area contributed by atoms with Gasteiger partial charge in [-0.3, -0.25) is 4.79 Å². The molecule has 6 aromatic rings. The number of alkyl halides is 2. The number of nitrogens with one attached hydrogen (secondary N) is 2. The van der Waals surface area contributed by atoms with Crippen LogP contribution in [0.15, 0.2) is 107 Å². The largest absolute Gasteiger partial charge is 0.445 e. The molecule has 0 unspecified atom stereocenters. The van der Waals surface area contributed by atoms with Crippen LogP contribution in [0.4, 0.5) is 35.4 Å². The third-order valence-electron chi connectivity index (χ3n) is 10.4. The maximum absolute atomic E-state index is 15.4. The zero-order chi connectivity index (χ0) is 43.5. The number of amides is 3. The van der Waals surface area contributed by atoms with Gasteiger partial charge in [0.25, 0.3) is 5.91 Å². The zero-order valence-corrected chi connectivity index (χ0v) is 36.1. The first-order chi connectivity index (χ1) is 29.1. The molecule has 4 N–H and O–H groups in total. The Balaban J connectivity index is 0.000000184. The average molecular weight is 963 g/mol. The van der Waals surface area contributed by atoms with Crippen LogP contribution >= 0.6 is 31.9 Å². The van der Waals surface area contributed by atoms with Crippen LogP contribution in [0.2, 0.25) is 0 Å². The summed E-state index contributed by atoms with van der Waals surface area (Å²) in [6.07, 6.45) is 5.07. The normalized spacial score (nSPS) is 20.8. The molecule has 2 aliphatic rings. The van der Waals surface area contributed by atoms with Gasteiger partial charge < -0.3 is 35.6 Å². The molecule has 2 aromatic carbocycles. The minimum absolute atomic E-state index is 0.0647. The minimum Gasteiger partial charge on any atom is -0.445 e. The molecule has 0 saturated carbocycles. The van der Waals surface area contributed by atoms with Gasteiger partial charge in [-0.25, -0.2) is 32.2 Å². The van der Waals surface area contributed by atoms with Crippen molar-refractivity contribution in [1.82, 2.24) is 29.0 Å². The predicted molar refractivity (Wildman–Crippen MR) is 231 cm³/mol. The number of likely N-dealkylation sites (tertiary alicyclic amines) is 2. The lowest BCUT2D eigenvalue weighted by Crippen LogP contribution is -2.40. The number of hydrogen-bond donors (Lipinski definition) is 3. The summed E-state index contributed by atoms with van der Waals surface area (Å²) in [7, 11) is 0. The summed E-state index contributed by atoms with van der Waals surface area (Å²) in [6.45, 7) is 10.5. The predicted octanol–water partition coefficient (Wildman–Crippen LogP) is 8.17. The molecule has 2 fully saturated rings. The highest BCUT2D eigenvalue weighted by atomic mass is 79.9.